The summed E-state index contributed by atoms with van der Waals surface area (Å²) in [6.07, 6.45) is 1.46. The average molecular weight is 207 g/mol. The SMILES string of the molecule is O=CNC(CCc1ccccc1)C(=O)O. The van der Waals surface area contributed by atoms with Gasteiger partial charge in [-0.15, -0.1) is 0 Å². The molecule has 1 amide bonds. The van der Waals surface area contributed by atoms with Crippen LogP contribution in [0.4, 0.5) is 0 Å². The molecule has 80 valence electrons. The first-order valence-electron chi connectivity index (χ1n) is 4.70. The summed E-state index contributed by atoms with van der Waals surface area (Å²) in [4.78, 5) is 20.8. The van der Waals surface area contributed by atoms with Gasteiger partial charge >= 0.3 is 5.97 Å². The highest BCUT2D eigenvalue weighted by Crippen LogP contribution is 2.04. The first-order valence-corrected chi connectivity index (χ1v) is 4.70. The number of aliphatic carboxylic acids is 1. The van der Waals surface area contributed by atoms with Gasteiger partial charge in [-0.05, 0) is 18.4 Å². The third kappa shape index (κ3) is 3.81. The fraction of sp³-hybridized carbons (Fsp3) is 0.273. The molecule has 1 unspecified atom stereocenters. The summed E-state index contributed by atoms with van der Waals surface area (Å²) < 4.78 is 0. The van der Waals surface area contributed by atoms with E-state index in [1.54, 1.807) is 0 Å². The Labute approximate surface area is 87.9 Å². The summed E-state index contributed by atoms with van der Waals surface area (Å²) in [7, 11) is 0. The zero-order valence-corrected chi connectivity index (χ0v) is 8.22. The number of carbonyl (C=O) groups is 2. The van der Waals surface area contributed by atoms with E-state index in [0.717, 1.165) is 5.56 Å². The molecule has 0 heterocycles. The Balaban J connectivity index is 2.47. The van der Waals surface area contributed by atoms with Crippen LogP contribution in [-0.2, 0) is 16.0 Å². The highest BCUT2D eigenvalue weighted by atomic mass is 16.4. The number of nitrogens with one attached hydrogen (secondary N) is 1. The monoisotopic (exact) mass is 207 g/mol. The predicted molar refractivity (Wildman–Crippen MR) is 55.4 cm³/mol. The molecule has 4 nitrogen and oxygen atoms in total. The zero-order chi connectivity index (χ0) is 11.1. The predicted octanol–water partition coefficient (Wildman–Crippen LogP) is 0.818. The Morgan fingerprint density at radius 3 is 2.60 bits per heavy atom. The zero-order valence-electron chi connectivity index (χ0n) is 8.22. The Bertz CT molecular complexity index is 324. The van der Waals surface area contributed by atoms with Gasteiger partial charge in [0.15, 0.2) is 0 Å². The van der Waals surface area contributed by atoms with Crippen LogP contribution in [0.3, 0.4) is 0 Å². The number of amides is 1. The van der Waals surface area contributed by atoms with Crippen molar-refractivity contribution in [3.63, 3.8) is 0 Å². The number of carboxylic acid groups (broad SMARTS) is 1. The average Bonchev–Trinajstić information content (AvgIpc) is 2.25. The van der Waals surface area contributed by atoms with E-state index in [9.17, 15) is 9.59 Å². The van der Waals surface area contributed by atoms with Gasteiger partial charge in [0.25, 0.3) is 0 Å². The van der Waals surface area contributed by atoms with Crippen LogP contribution in [-0.4, -0.2) is 23.5 Å². The second-order valence-corrected chi connectivity index (χ2v) is 3.20. The molecular weight excluding hydrogens is 194 g/mol. The van der Waals surface area contributed by atoms with E-state index in [-0.39, 0.29) is 0 Å². The summed E-state index contributed by atoms with van der Waals surface area (Å²) in [6.45, 7) is 0. The molecule has 0 saturated carbocycles. The molecule has 0 aromatic heterocycles. The lowest BCUT2D eigenvalue weighted by molar-refractivity contribution is -0.140. The fourth-order valence-corrected chi connectivity index (χ4v) is 1.32. The third-order valence-electron chi connectivity index (χ3n) is 2.13. The van der Waals surface area contributed by atoms with Crippen LogP contribution in [0.25, 0.3) is 0 Å². The van der Waals surface area contributed by atoms with Crippen molar-refractivity contribution in [3.8, 4) is 0 Å². The van der Waals surface area contributed by atoms with Gasteiger partial charge in [0.05, 0.1) is 0 Å². The number of aryl methyl sites for hydroxylation is 1. The summed E-state index contributed by atoms with van der Waals surface area (Å²) in [5.41, 5.74) is 1.07. The summed E-state index contributed by atoms with van der Waals surface area (Å²) >= 11 is 0. The van der Waals surface area contributed by atoms with Crippen molar-refractivity contribution < 1.29 is 14.7 Å². The molecule has 1 rings (SSSR count). The van der Waals surface area contributed by atoms with Gasteiger partial charge in [0.1, 0.15) is 6.04 Å². The Morgan fingerprint density at radius 2 is 2.07 bits per heavy atom. The highest BCUT2D eigenvalue weighted by molar-refractivity contribution is 5.76. The molecule has 1 aromatic carbocycles. The first kappa shape index (κ1) is 11.2. The molecule has 4 heteroatoms. The van der Waals surface area contributed by atoms with Crippen LogP contribution in [0.1, 0.15) is 12.0 Å². The number of hydrogen-bond donors (Lipinski definition) is 2. The van der Waals surface area contributed by atoms with Crippen molar-refractivity contribution in [2.45, 2.75) is 18.9 Å². The molecule has 0 radical (unpaired) electrons. The lowest BCUT2D eigenvalue weighted by atomic mass is 10.1. The lowest BCUT2D eigenvalue weighted by Crippen LogP contribution is -2.36. The van der Waals surface area contributed by atoms with E-state index in [1.165, 1.54) is 0 Å². The van der Waals surface area contributed by atoms with Gasteiger partial charge < -0.3 is 10.4 Å². The number of hydrogen-bond acceptors (Lipinski definition) is 2. The molecule has 15 heavy (non-hydrogen) atoms. The highest BCUT2D eigenvalue weighted by Gasteiger charge is 2.15. The molecule has 0 bridgehead atoms. The molecule has 2 N–H and O–H groups in total. The van der Waals surface area contributed by atoms with Crippen molar-refractivity contribution in [2.75, 3.05) is 0 Å². The molecule has 0 aliphatic heterocycles. The van der Waals surface area contributed by atoms with Crippen molar-refractivity contribution in [3.05, 3.63) is 35.9 Å². The van der Waals surface area contributed by atoms with E-state index in [1.807, 2.05) is 30.3 Å². The molecular formula is C11H13NO3. The van der Waals surface area contributed by atoms with Gasteiger partial charge in [-0.1, -0.05) is 30.3 Å². The minimum Gasteiger partial charge on any atom is -0.480 e. The van der Waals surface area contributed by atoms with Crippen molar-refractivity contribution in [1.29, 1.82) is 0 Å². The molecule has 1 aromatic rings. The normalized spacial score (nSPS) is 11.7. The van der Waals surface area contributed by atoms with E-state index in [4.69, 9.17) is 5.11 Å². The van der Waals surface area contributed by atoms with Crippen LogP contribution in [0.5, 0.6) is 0 Å². The van der Waals surface area contributed by atoms with E-state index in [2.05, 4.69) is 5.32 Å². The van der Waals surface area contributed by atoms with Crippen molar-refractivity contribution >= 4 is 12.4 Å². The topological polar surface area (TPSA) is 66.4 Å². The van der Waals surface area contributed by atoms with Crippen LogP contribution in [0.15, 0.2) is 30.3 Å². The summed E-state index contributed by atoms with van der Waals surface area (Å²) in [5, 5.41) is 11.0. The maximum Gasteiger partial charge on any atom is 0.326 e. The van der Waals surface area contributed by atoms with Crippen LogP contribution < -0.4 is 5.32 Å². The molecule has 0 aliphatic rings. The van der Waals surface area contributed by atoms with Gasteiger partial charge in [-0.25, -0.2) is 4.79 Å². The van der Waals surface area contributed by atoms with Crippen LogP contribution in [0.2, 0.25) is 0 Å². The second kappa shape index (κ2) is 5.80. The Hall–Kier alpha value is -1.84. The molecule has 0 fully saturated rings. The largest absolute Gasteiger partial charge is 0.480 e. The third-order valence-corrected chi connectivity index (χ3v) is 2.13. The minimum absolute atomic E-state index is 0.401. The van der Waals surface area contributed by atoms with Crippen molar-refractivity contribution in [2.24, 2.45) is 0 Å². The van der Waals surface area contributed by atoms with Crippen LogP contribution >= 0.6 is 0 Å². The maximum atomic E-state index is 10.7. The quantitative estimate of drug-likeness (QED) is 0.678. The molecule has 0 spiro atoms. The summed E-state index contributed by atoms with van der Waals surface area (Å²) in [5.74, 6) is -1.00. The smallest absolute Gasteiger partial charge is 0.326 e. The lowest BCUT2D eigenvalue weighted by Gasteiger charge is -2.10. The Morgan fingerprint density at radius 1 is 1.40 bits per heavy atom. The molecule has 0 aliphatic carbocycles. The van der Waals surface area contributed by atoms with E-state index < -0.39 is 12.0 Å². The van der Waals surface area contributed by atoms with Crippen molar-refractivity contribution in [1.82, 2.24) is 5.32 Å². The van der Waals surface area contributed by atoms with Gasteiger partial charge in [0.2, 0.25) is 6.41 Å². The maximum absolute atomic E-state index is 10.7. The number of carboxylic acids is 1. The van der Waals surface area contributed by atoms with E-state index >= 15 is 0 Å². The van der Waals surface area contributed by atoms with E-state index in [0.29, 0.717) is 19.3 Å². The number of benzene rings is 1. The number of rotatable bonds is 6. The second-order valence-electron chi connectivity index (χ2n) is 3.20. The molecule has 1 atom stereocenters. The molecule has 0 saturated heterocycles. The minimum atomic E-state index is -1.00. The van der Waals surface area contributed by atoms with Crippen LogP contribution in [0, 0.1) is 0 Å². The number of carbonyl (C=O) groups excluding carboxylic acids is 1. The van der Waals surface area contributed by atoms with Gasteiger partial charge in [-0.3, -0.25) is 4.79 Å². The Kier molecular flexibility index (Phi) is 4.34. The van der Waals surface area contributed by atoms with Gasteiger partial charge in [0, 0.05) is 0 Å². The fourth-order valence-electron chi connectivity index (χ4n) is 1.32. The first-order chi connectivity index (χ1) is 7.24. The summed E-state index contributed by atoms with van der Waals surface area (Å²) in [6, 6.07) is 8.76. The van der Waals surface area contributed by atoms with Gasteiger partial charge in [-0.2, -0.15) is 0 Å². The standard InChI is InChI=1S/C11H13NO3/c13-8-12-10(11(14)15)7-6-9-4-2-1-3-5-9/h1-5,8,10H,6-7H2,(H,12,13)(H,14,15).